The minimum atomic E-state index is -0.216. The number of aromatic nitrogens is 2. The van der Waals surface area contributed by atoms with Crippen LogP contribution in [0.15, 0.2) is 24.3 Å². The van der Waals surface area contributed by atoms with Crippen LogP contribution in [0.4, 0.5) is 11.5 Å². The van der Waals surface area contributed by atoms with Gasteiger partial charge in [-0.25, -0.2) is 9.97 Å². The number of carbonyl (C=O) groups is 1. The molecule has 1 aromatic carbocycles. The minimum absolute atomic E-state index is 0.0423. The highest BCUT2D eigenvalue weighted by atomic mass is 35.5. The summed E-state index contributed by atoms with van der Waals surface area (Å²) in [6, 6.07) is 7.65. The van der Waals surface area contributed by atoms with Gasteiger partial charge in [-0.1, -0.05) is 18.5 Å². The van der Waals surface area contributed by atoms with E-state index in [9.17, 15) is 4.79 Å². The van der Waals surface area contributed by atoms with Crippen LogP contribution < -0.4 is 9.80 Å². The lowest BCUT2D eigenvalue weighted by atomic mass is 9.78. The zero-order valence-corrected chi connectivity index (χ0v) is 20.2. The third-order valence-electron chi connectivity index (χ3n) is 6.43. The fraction of sp³-hybridized carbons (Fsp3) is 0.542. The molecule has 172 valence electrons. The van der Waals surface area contributed by atoms with Gasteiger partial charge in [0.15, 0.2) is 0 Å². The van der Waals surface area contributed by atoms with Crippen LogP contribution in [0.1, 0.15) is 41.6 Å². The summed E-state index contributed by atoms with van der Waals surface area (Å²) in [6.07, 6.45) is 1.92. The first kappa shape index (κ1) is 22.8. The van der Waals surface area contributed by atoms with Crippen molar-refractivity contribution in [1.29, 1.82) is 0 Å². The first-order valence-corrected chi connectivity index (χ1v) is 11.6. The van der Waals surface area contributed by atoms with E-state index < -0.39 is 0 Å². The van der Waals surface area contributed by atoms with Gasteiger partial charge >= 0.3 is 0 Å². The lowest BCUT2D eigenvalue weighted by molar-refractivity contribution is 0.0647. The number of carbonyl (C=O) groups excluding carboxylic acids is 1. The highest BCUT2D eigenvalue weighted by molar-refractivity contribution is 6.33. The Bertz CT molecular complexity index is 992. The lowest BCUT2D eigenvalue weighted by Gasteiger charge is -2.40. The molecule has 32 heavy (non-hydrogen) atoms. The Morgan fingerprint density at radius 1 is 1.16 bits per heavy atom. The van der Waals surface area contributed by atoms with E-state index in [1.807, 2.05) is 49.0 Å². The Hall–Kier alpha value is -2.38. The molecule has 0 bridgehead atoms. The van der Waals surface area contributed by atoms with Crippen molar-refractivity contribution in [2.45, 2.75) is 32.1 Å². The van der Waals surface area contributed by atoms with Crippen LogP contribution in [0.2, 0.25) is 5.02 Å². The van der Waals surface area contributed by atoms with Crippen molar-refractivity contribution in [2.24, 2.45) is 0 Å². The molecule has 2 aliphatic rings. The van der Waals surface area contributed by atoms with Crippen LogP contribution in [0.5, 0.6) is 0 Å². The van der Waals surface area contributed by atoms with Crippen molar-refractivity contribution in [2.75, 3.05) is 63.3 Å². The number of anilines is 2. The number of hydrogen-bond acceptors (Lipinski definition) is 6. The molecular weight excluding hydrogens is 426 g/mol. The molecule has 0 unspecified atom stereocenters. The van der Waals surface area contributed by atoms with Gasteiger partial charge in [0, 0.05) is 57.3 Å². The van der Waals surface area contributed by atoms with Gasteiger partial charge in [0.25, 0.3) is 5.91 Å². The van der Waals surface area contributed by atoms with Crippen LogP contribution in [-0.2, 0) is 10.2 Å². The molecule has 0 radical (unpaired) electrons. The van der Waals surface area contributed by atoms with Crippen molar-refractivity contribution >= 4 is 29.0 Å². The number of amides is 1. The molecule has 7 nitrogen and oxygen atoms in total. The molecular formula is C24H32ClN5O2. The normalized spacial score (nSPS) is 21.5. The number of benzene rings is 1. The first-order valence-electron chi connectivity index (χ1n) is 11.2. The zero-order valence-electron chi connectivity index (χ0n) is 19.4. The molecule has 1 amide bonds. The Morgan fingerprint density at radius 2 is 1.91 bits per heavy atom. The average molecular weight is 458 g/mol. The maximum absolute atomic E-state index is 13.5. The molecule has 8 heteroatoms. The molecule has 3 heterocycles. The van der Waals surface area contributed by atoms with Crippen molar-refractivity contribution in [3.05, 3.63) is 46.4 Å². The van der Waals surface area contributed by atoms with Gasteiger partial charge in [0.2, 0.25) is 0 Å². The number of halogens is 1. The van der Waals surface area contributed by atoms with Crippen molar-refractivity contribution in [3.8, 4) is 0 Å². The van der Waals surface area contributed by atoms with E-state index in [1.165, 1.54) is 0 Å². The van der Waals surface area contributed by atoms with Crippen LogP contribution in [-0.4, -0.2) is 74.3 Å². The average Bonchev–Trinajstić information content (AvgIpc) is 2.79. The number of likely N-dealkylation sites (tertiary alicyclic amines) is 1. The fourth-order valence-electron chi connectivity index (χ4n) is 4.59. The first-order chi connectivity index (χ1) is 15.3. The molecule has 4 rings (SSSR count). The minimum Gasteiger partial charge on any atom is -0.378 e. The third-order valence-corrected chi connectivity index (χ3v) is 6.75. The Morgan fingerprint density at radius 3 is 2.62 bits per heavy atom. The van der Waals surface area contributed by atoms with Crippen LogP contribution >= 0.6 is 11.6 Å². The highest BCUT2D eigenvalue weighted by Crippen LogP contribution is 2.35. The maximum Gasteiger partial charge on any atom is 0.253 e. The quantitative estimate of drug-likeness (QED) is 0.699. The second kappa shape index (κ2) is 9.24. The molecule has 2 aromatic rings. The number of rotatable bonds is 4. The Labute approximate surface area is 195 Å². The number of hydrogen-bond donors (Lipinski definition) is 0. The summed E-state index contributed by atoms with van der Waals surface area (Å²) in [6.45, 7) is 8.40. The zero-order chi connectivity index (χ0) is 22.9. The van der Waals surface area contributed by atoms with E-state index in [-0.39, 0.29) is 11.3 Å². The summed E-state index contributed by atoms with van der Waals surface area (Å²) in [5.74, 6) is 1.69. The van der Waals surface area contributed by atoms with Crippen molar-refractivity contribution in [3.63, 3.8) is 0 Å². The number of ether oxygens (including phenoxy) is 1. The standard InChI is InChI=1S/C24H32ClN5O2/c1-17-26-21(15-22(27-17)28(3)4)24(2)8-5-9-30(16-24)23(31)18-6-7-19(25)20(14-18)29-10-12-32-13-11-29/h6-7,14-15H,5,8-13,16H2,1-4H3/t24-/m1/s1. The Balaban J connectivity index is 1.58. The summed E-state index contributed by atoms with van der Waals surface area (Å²) in [4.78, 5) is 28.9. The maximum atomic E-state index is 13.5. The van der Waals surface area contributed by atoms with E-state index in [0.717, 1.165) is 55.5 Å². The van der Waals surface area contributed by atoms with Crippen LogP contribution in [0, 0.1) is 6.92 Å². The molecule has 0 N–H and O–H groups in total. The van der Waals surface area contributed by atoms with Gasteiger partial charge in [-0.15, -0.1) is 0 Å². The van der Waals surface area contributed by atoms with E-state index in [4.69, 9.17) is 21.3 Å². The van der Waals surface area contributed by atoms with E-state index in [2.05, 4.69) is 22.9 Å². The highest BCUT2D eigenvalue weighted by Gasteiger charge is 2.37. The van der Waals surface area contributed by atoms with E-state index in [0.29, 0.717) is 30.3 Å². The van der Waals surface area contributed by atoms with E-state index >= 15 is 0 Å². The molecule has 2 fully saturated rings. The summed E-state index contributed by atoms with van der Waals surface area (Å²) in [5.41, 5.74) is 2.36. The van der Waals surface area contributed by atoms with Gasteiger partial charge in [-0.05, 0) is 38.0 Å². The number of morpholine rings is 1. The van der Waals surface area contributed by atoms with Gasteiger partial charge < -0.3 is 19.4 Å². The van der Waals surface area contributed by atoms with E-state index in [1.54, 1.807) is 0 Å². The summed E-state index contributed by atoms with van der Waals surface area (Å²) < 4.78 is 5.46. The molecule has 0 saturated carbocycles. The third kappa shape index (κ3) is 4.69. The second-order valence-corrected chi connectivity index (χ2v) is 9.62. The summed E-state index contributed by atoms with van der Waals surface area (Å²) >= 11 is 6.47. The predicted molar refractivity (Wildman–Crippen MR) is 128 cm³/mol. The SMILES string of the molecule is Cc1nc(N(C)C)cc([C@]2(C)CCCN(C(=O)c3ccc(Cl)c(N4CCOCC4)c3)C2)n1. The summed E-state index contributed by atoms with van der Waals surface area (Å²) in [5, 5.41) is 0.666. The largest absolute Gasteiger partial charge is 0.378 e. The molecule has 0 spiro atoms. The topological polar surface area (TPSA) is 61.8 Å². The van der Waals surface area contributed by atoms with Crippen molar-refractivity contribution in [1.82, 2.24) is 14.9 Å². The van der Waals surface area contributed by atoms with Crippen LogP contribution in [0.25, 0.3) is 0 Å². The van der Waals surface area contributed by atoms with Gasteiger partial charge in [0.05, 0.1) is 29.6 Å². The molecule has 1 atom stereocenters. The molecule has 2 aliphatic heterocycles. The monoisotopic (exact) mass is 457 g/mol. The summed E-state index contributed by atoms with van der Waals surface area (Å²) in [7, 11) is 3.97. The fourth-order valence-corrected chi connectivity index (χ4v) is 4.82. The van der Waals surface area contributed by atoms with Gasteiger partial charge in [-0.2, -0.15) is 0 Å². The molecule has 0 aliphatic carbocycles. The number of aryl methyl sites for hydroxylation is 1. The second-order valence-electron chi connectivity index (χ2n) is 9.21. The van der Waals surface area contributed by atoms with Gasteiger partial charge in [-0.3, -0.25) is 4.79 Å². The number of nitrogens with zero attached hydrogens (tertiary/aromatic N) is 5. The molecule has 2 saturated heterocycles. The van der Waals surface area contributed by atoms with Gasteiger partial charge in [0.1, 0.15) is 11.6 Å². The predicted octanol–water partition coefficient (Wildman–Crippen LogP) is 3.53. The lowest BCUT2D eigenvalue weighted by Crippen LogP contribution is -2.47. The molecule has 1 aromatic heterocycles. The smallest absolute Gasteiger partial charge is 0.253 e. The van der Waals surface area contributed by atoms with Crippen molar-refractivity contribution < 1.29 is 9.53 Å². The number of piperidine rings is 1. The van der Waals surface area contributed by atoms with Crippen LogP contribution in [0.3, 0.4) is 0 Å². The Kier molecular flexibility index (Phi) is 6.58.